The van der Waals surface area contributed by atoms with E-state index in [9.17, 15) is 9.59 Å². The molecule has 6 nitrogen and oxygen atoms in total. The van der Waals surface area contributed by atoms with E-state index < -0.39 is 0 Å². The van der Waals surface area contributed by atoms with E-state index in [0.717, 1.165) is 16.9 Å². The number of methoxy groups -OCH3 is 1. The minimum absolute atomic E-state index is 0.107. The summed E-state index contributed by atoms with van der Waals surface area (Å²) in [6.45, 7) is 2.10. The second-order valence-corrected chi connectivity index (χ2v) is 8.36. The van der Waals surface area contributed by atoms with Crippen molar-refractivity contribution in [3.05, 3.63) is 99.7 Å². The van der Waals surface area contributed by atoms with E-state index in [1.807, 2.05) is 73.6 Å². The molecule has 34 heavy (non-hydrogen) atoms. The van der Waals surface area contributed by atoms with Crippen LogP contribution in [0.2, 0.25) is 0 Å². The van der Waals surface area contributed by atoms with Crippen LogP contribution in [0.3, 0.4) is 0 Å². The summed E-state index contributed by atoms with van der Waals surface area (Å²) in [5.41, 5.74) is 2.74. The highest BCUT2D eigenvalue weighted by atomic mass is 16.5. The van der Waals surface area contributed by atoms with Gasteiger partial charge >= 0.3 is 0 Å². The van der Waals surface area contributed by atoms with E-state index in [2.05, 4.69) is 5.32 Å². The molecule has 3 aromatic carbocycles. The van der Waals surface area contributed by atoms with Crippen molar-refractivity contribution in [3.63, 3.8) is 0 Å². The molecule has 0 saturated carbocycles. The van der Waals surface area contributed by atoms with Crippen molar-refractivity contribution in [2.75, 3.05) is 27.7 Å². The maximum absolute atomic E-state index is 13.3. The van der Waals surface area contributed by atoms with Crippen LogP contribution in [0.4, 0.5) is 0 Å². The van der Waals surface area contributed by atoms with Crippen LogP contribution in [0.15, 0.2) is 82.0 Å². The van der Waals surface area contributed by atoms with Crippen molar-refractivity contribution in [3.8, 4) is 17.1 Å². The summed E-state index contributed by atoms with van der Waals surface area (Å²) in [5.74, 6) is 0.923. The molecule has 0 fully saturated rings. The van der Waals surface area contributed by atoms with Crippen LogP contribution < -0.4 is 15.5 Å². The quantitative estimate of drug-likeness (QED) is 0.432. The number of rotatable bonds is 7. The predicted octanol–water partition coefficient (Wildman–Crippen LogP) is 4.81. The first-order valence-electron chi connectivity index (χ1n) is 11.1. The van der Waals surface area contributed by atoms with Crippen molar-refractivity contribution >= 4 is 16.9 Å². The molecule has 0 aliphatic heterocycles. The van der Waals surface area contributed by atoms with Gasteiger partial charge in [0.25, 0.3) is 5.91 Å². The van der Waals surface area contributed by atoms with Gasteiger partial charge in [-0.3, -0.25) is 9.59 Å². The molecule has 0 unspecified atom stereocenters. The highest BCUT2D eigenvalue weighted by Crippen LogP contribution is 2.29. The number of nitrogens with zero attached hydrogens (tertiary/aromatic N) is 1. The molecule has 174 valence electrons. The lowest BCUT2D eigenvalue weighted by Crippen LogP contribution is -2.35. The molecule has 0 aliphatic rings. The summed E-state index contributed by atoms with van der Waals surface area (Å²) in [7, 11) is 5.54. The Kier molecular flexibility index (Phi) is 6.80. The maximum Gasteiger partial charge on any atom is 0.255 e. The Morgan fingerprint density at radius 2 is 1.71 bits per heavy atom. The molecule has 0 bridgehead atoms. The van der Waals surface area contributed by atoms with Crippen LogP contribution in [0, 0.1) is 6.92 Å². The lowest BCUT2D eigenvalue weighted by atomic mass is 10.0. The minimum atomic E-state index is -0.307. The largest absolute Gasteiger partial charge is 0.496 e. The first kappa shape index (κ1) is 23.3. The van der Waals surface area contributed by atoms with Crippen LogP contribution in [0.25, 0.3) is 22.3 Å². The van der Waals surface area contributed by atoms with Crippen LogP contribution >= 0.6 is 0 Å². The van der Waals surface area contributed by atoms with E-state index in [1.165, 1.54) is 0 Å². The van der Waals surface area contributed by atoms with Gasteiger partial charge < -0.3 is 19.4 Å². The van der Waals surface area contributed by atoms with Gasteiger partial charge in [0, 0.05) is 23.2 Å². The Balaban J connectivity index is 1.70. The van der Waals surface area contributed by atoms with Gasteiger partial charge in [-0.15, -0.1) is 0 Å². The second kappa shape index (κ2) is 9.93. The van der Waals surface area contributed by atoms with Crippen LogP contribution in [-0.2, 0) is 0 Å². The third-order valence-corrected chi connectivity index (χ3v) is 6.00. The molecule has 6 heteroatoms. The molecular weight excluding hydrogens is 428 g/mol. The number of carbonyl (C=O) groups is 1. The summed E-state index contributed by atoms with van der Waals surface area (Å²) in [4.78, 5) is 28.4. The van der Waals surface area contributed by atoms with Crippen LogP contribution in [-0.4, -0.2) is 38.6 Å². The smallest absolute Gasteiger partial charge is 0.255 e. The third-order valence-electron chi connectivity index (χ3n) is 6.00. The molecule has 1 heterocycles. The zero-order chi connectivity index (χ0) is 24.2. The molecule has 0 radical (unpaired) electrons. The second-order valence-electron chi connectivity index (χ2n) is 8.36. The zero-order valence-electron chi connectivity index (χ0n) is 19.8. The van der Waals surface area contributed by atoms with Crippen molar-refractivity contribution in [1.82, 2.24) is 10.2 Å². The van der Waals surface area contributed by atoms with Crippen LogP contribution in [0.1, 0.15) is 27.5 Å². The lowest BCUT2D eigenvalue weighted by molar-refractivity contribution is 0.0942. The number of hydrogen-bond donors (Lipinski definition) is 1. The van der Waals surface area contributed by atoms with E-state index in [1.54, 1.807) is 32.2 Å². The molecule has 1 atom stereocenters. The molecule has 0 aliphatic carbocycles. The summed E-state index contributed by atoms with van der Waals surface area (Å²) < 4.78 is 11.7. The Morgan fingerprint density at radius 1 is 1.00 bits per heavy atom. The number of nitrogens with one attached hydrogen (secondary N) is 1. The number of hydrogen-bond acceptors (Lipinski definition) is 5. The predicted molar refractivity (Wildman–Crippen MR) is 134 cm³/mol. The van der Waals surface area contributed by atoms with Crippen molar-refractivity contribution in [1.29, 1.82) is 0 Å². The normalized spacial score (nSPS) is 12.0. The molecule has 1 aromatic heterocycles. The zero-order valence-corrected chi connectivity index (χ0v) is 19.8. The number of benzene rings is 3. The number of likely N-dealkylation sites (N-methyl/N-ethyl adjacent to an activating group) is 1. The number of carbonyl (C=O) groups excluding carboxylic acids is 1. The SMILES string of the molecule is COc1ccccc1[C@H](CNC(=O)c1cccc2c(=O)c(C)c(-c3ccccc3)oc12)N(C)C. The van der Waals surface area contributed by atoms with E-state index in [0.29, 0.717) is 28.8 Å². The maximum atomic E-state index is 13.3. The summed E-state index contributed by atoms with van der Waals surface area (Å²) >= 11 is 0. The molecule has 1 amide bonds. The number of para-hydroxylation sites is 2. The fourth-order valence-corrected chi connectivity index (χ4v) is 4.15. The van der Waals surface area contributed by atoms with Gasteiger partial charge in [0.05, 0.1) is 24.1 Å². The van der Waals surface area contributed by atoms with Gasteiger partial charge in [0.2, 0.25) is 0 Å². The molecule has 0 spiro atoms. The number of ether oxygens (including phenoxy) is 1. The van der Waals surface area contributed by atoms with Crippen molar-refractivity contribution in [2.24, 2.45) is 0 Å². The van der Waals surface area contributed by atoms with Gasteiger partial charge in [-0.25, -0.2) is 0 Å². The Bertz CT molecular complexity index is 1380. The molecule has 0 saturated heterocycles. The third kappa shape index (κ3) is 4.45. The topological polar surface area (TPSA) is 71.8 Å². The average molecular weight is 457 g/mol. The fraction of sp³-hybridized carbons (Fsp3) is 0.214. The lowest BCUT2D eigenvalue weighted by Gasteiger charge is -2.26. The Morgan fingerprint density at radius 3 is 2.41 bits per heavy atom. The molecule has 1 N–H and O–H groups in total. The summed E-state index contributed by atoms with van der Waals surface area (Å²) in [5, 5.41) is 3.41. The minimum Gasteiger partial charge on any atom is -0.496 e. The first-order valence-corrected chi connectivity index (χ1v) is 11.1. The average Bonchev–Trinajstić information content (AvgIpc) is 2.86. The van der Waals surface area contributed by atoms with Crippen molar-refractivity contribution < 1.29 is 13.9 Å². The van der Waals surface area contributed by atoms with Gasteiger partial charge in [0.1, 0.15) is 11.5 Å². The van der Waals surface area contributed by atoms with E-state index in [-0.39, 0.29) is 23.0 Å². The fourth-order valence-electron chi connectivity index (χ4n) is 4.15. The first-order chi connectivity index (χ1) is 16.4. The van der Waals surface area contributed by atoms with Gasteiger partial charge in [-0.05, 0) is 39.2 Å². The molecule has 4 aromatic rings. The van der Waals surface area contributed by atoms with Gasteiger partial charge in [-0.2, -0.15) is 0 Å². The summed E-state index contributed by atoms with van der Waals surface area (Å²) in [6.07, 6.45) is 0. The van der Waals surface area contributed by atoms with E-state index >= 15 is 0 Å². The summed E-state index contributed by atoms with van der Waals surface area (Å²) in [6, 6.07) is 22.2. The van der Waals surface area contributed by atoms with E-state index in [4.69, 9.17) is 9.15 Å². The number of amides is 1. The Hall–Kier alpha value is -3.90. The van der Waals surface area contributed by atoms with Crippen molar-refractivity contribution in [2.45, 2.75) is 13.0 Å². The van der Waals surface area contributed by atoms with Gasteiger partial charge in [-0.1, -0.05) is 54.6 Å². The molecular formula is C28H28N2O4. The monoisotopic (exact) mass is 456 g/mol. The Labute approximate surface area is 198 Å². The standard InChI is InChI=1S/C28H28N2O4/c1-18-25(31)21-14-10-15-22(27(21)34-26(18)19-11-6-5-7-12-19)28(32)29-17-23(30(2)3)20-13-8-9-16-24(20)33-4/h5-16,23H,17H2,1-4H3,(H,29,32)/t23-/m0/s1. The highest BCUT2D eigenvalue weighted by molar-refractivity contribution is 6.05. The molecule has 4 rings (SSSR count). The number of fused-ring (bicyclic) bond motifs is 1. The highest BCUT2D eigenvalue weighted by Gasteiger charge is 2.22. The van der Waals surface area contributed by atoms with Gasteiger partial charge in [0.15, 0.2) is 11.0 Å². The van der Waals surface area contributed by atoms with Crippen LogP contribution in [0.5, 0.6) is 5.75 Å².